The van der Waals surface area contributed by atoms with Gasteiger partial charge in [-0.1, -0.05) is 0 Å². The number of carbonyl (C=O) groups is 3. The van der Waals surface area contributed by atoms with Gasteiger partial charge < -0.3 is 4.74 Å². The molecule has 0 aromatic carbocycles. The molecular weight excluding hydrogens is 148 g/mol. The van der Waals surface area contributed by atoms with Gasteiger partial charge in [0.05, 0.1) is 0 Å². The summed E-state index contributed by atoms with van der Waals surface area (Å²) in [5.74, 6) is -1.55. The van der Waals surface area contributed by atoms with E-state index in [4.69, 9.17) is 0 Å². The number of rotatable bonds is 2. The van der Waals surface area contributed by atoms with Crippen molar-refractivity contribution in [3.8, 4) is 0 Å². The van der Waals surface area contributed by atoms with Crippen molar-refractivity contribution in [2.24, 2.45) is 0 Å². The van der Waals surface area contributed by atoms with E-state index in [2.05, 4.69) is 4.74 Å². The van der Waals surface area contributed by atoms with Gasteiger partial charge in [0.2, 0.25) is 5.78 Å². The van der Waals surface area contributed by atoms with Crippen LogP contribution in [0.2, 0.25) is 0 Å². The van der Waals surface area contributed by atoms with Gasteiger partial charge in [-0.3, -0.25) is 14.4 Å². The second-order valence-electron chi connectivity index (χ2n) is 2.44. The molecule has 0 aromatic rings. The van der Waals surface area contributed by atoms with E-state index in [1.54, 1.807) is 0 Å². The molecule has 1 saturated heterocycles. The van der Waals surface area contributed by atoms with E-state index in [-0.39, 0.29) is 6.42 Å². The van der Waals surface area contributed by atoms with Crippen LogP contribution in [0.3, 0.4) is 0 Å². The van der Waals surface area contributed by atoms with Crippen molar-refractivity contribution in [1.29, 1.82) is 0 Å². The monoisotopic (exact) mass is 156 g/mol. The van der Waals surface area contributed by atoms with Crippen LogP contribution in [-0.4, -0.2) is 23.6 Å². The SMILES string of the molecule is CC(=O)C(=O)C1CCC(=O)O1. The third-order valence-electron chi connectivity index (χ3n) is 1.52. The molecule has 1 fully saturated rings. The van der Waals surface area contributed by atoms with Crippen LogP contribution in [-0.2, 0) is 19.1 Å². The van der Waals surface area contributed by atoms with Gasteiger partial charge in [0.15, 0.2) is 11.9 Å². The summed E-state index contributed by atoms with van der Waals surface area (Å²) < 4.78 is 4.58. The average Bonchev–Trinajstić information content (AvgIpc) is 2.34. The van der Waals surface area contributed by atoms with E-state index in [1.807, 2.05) is 0 Å². The van der Waals surface area contributed by atoms with E-state index in [9.17, 15) is 14.4 Å². The van der Waals surface area contributed by atoms with Crippen molar-refractivity contribution in [3.63, 3.8) is 0 Å². The maximum Gasteiger partial charge on any atom is 0.306 e. The summed E-state index contributed by atoms with van der Waals surface area (Å²) >= 11 is 0. The highest BCUT2D eigenvalue weighted by molar-refractivity contribution is 6.38. The Kier molecular flexibility index (Phi) is 2.03. The number of hydrogen-bond acceptors (Lipinski definition) is 4. The van der Waals surface area contributed by atoms with Gasteiger partial charge in [-0.15, -0.1) is 0 Å². The third kappa shape index (κ3) is 1.63. The fourth-order valence-electron chi connectivity index (χ4n) is 0.937. The highest BCUT2D eigenvalue weighted by Gasteiger charge is 2.31. The Morgan fingerprint density at radius 3 is 2.55 bits per heavy atom. The molecule has 4 nitrogen and oxygen atoms in total. The fourth-order valence-corrected chi connectivity index (χ4v) is 0.937. The van der Waals surface area contributed by atoms with Crippen molar-refractivity contribution in [2.75, 3.05) is 0 Å². The second-order valence-corrected chi connectivity index (χ2v) is 2.44. The van der Waals surface area contributed by atoms with Crippen LogP contribution in [0.15, 0.2) is 0 Å². The minimum atomic E-state index is -0.806. The summed E-state index contributed by atoms with van der Waals surface area (Å²) in [5.41, 5.74) is 0. The Morgan fingerprint density at radius 2 is 2.18 bits per heavy atom. The average molecular weight is 156 g/mol. The van der Waals surface area contributed by atoms with Crippen molar-refractivity contribution in [2.45, 2.75) is 25.9 Å². The number of Topliss-reactive ketones (excluding diaryl/α,β-unsaturated/α-hetero) is 2. The molecule has 0 aromatic heterocycles. The molecule has 1 unspecified atom stereocenters. The van der Waals surface area contributed by atoms with Crippen molar-refractivity contribution in [1.82, 2.24) is 0 Å². The van der Waals surface area contributed by atoms with Crippen LogP contribution in [0, 0.1) is 0 Å². The Balaban J connectivity index is 2.56. The highest BCUT2D eigenvalue weighted by atomic mass is 16.6. The standard InChI is InChI=1S/C7H8O4/c1-4(8)7(10)5-2-3-6(9)11-5/h5H,2-3H2,1H3. The number of cyclic esters (lactones) is 1. The van der Waals surface area contributed by atoms with Crippen LogP contribution in [0.5, 0.6) is 0 Å². The molecule has 1 atom stereocenters. The van der Waals surface area contributed by atoms with E-state index in [0.29, 0.717) is 6.42 Å². The van der Waals surface area contributed by atoms with Gasteiger partial charge in [-0.05, 0) is 0 Å². The number of esters is 1. The lowest BCUT2D eigenvalue weighted by atomic mass is 10.1. The van der Waals surface area contributed by atoms with E-state index in [1.165, 1.54) is 6.92 Å². The van der Waals surface area contributed by atoms with Crippen molar-refractivity contribution < 1.29 is 19.1 Å². The Hall–Kier alpha value is -1.19. The number of ether oxygens (including phenoxy) is 1. The zero-order chi connectivity index (χ0) is 8.43. The maximum atomic E-state index is 10.9. The number of carbonyl (C=O) groups excluding carboxylic acids is 3. The molecule has 1 aliphatic heterocycles. The normalized spacial score (nSPS) is 23.0. The molecule has 1 rings (SSSR count). The Morgan fingerprint density at radius 1 is 1.55 bits per heavy atom. The zero-order valence-corrected chi connectivity index (χ0v) is 6.12. The summed E-state index contributed by atoms with van der Waals surface area (Å²) in [6, 6.07) is 0. The second kappa shape index (κ2) is 2.82. The first kappa shape index (κ1) is 7.91. The van der Waals surface area contributed by atoms with Crippen LogP contribution < -0.4 is 0 Å². The highest BCUT2D eigenvalue weighted by Crippen LogP contribution is 2.14. The van der Waals surface area contributed by atoms with Crippen LogP contribution in [0.25, 0.3) is 0 Å². The van der Waals surface area contributed by atoms with Crippen LogP contribution in [0.4, 0.5) is 0 Å². The van der Waals surface area contributed by atoms with E-state index >= 15 is 0 Å². The molecule has 0 amide bonds. The molecule has 1 heterocycles. The lowest BCUT2D eigenvalue weighted by Crippen LogP contribution is -2.26. The predicted molar refractivity (Wildman–Crippen MR) is 34.8 cm³/mol. The first-order valence-corrected chi connectivity index (χ1v) is 3.35. The third-order valence-corrected chi connectivity index (χ3v) is 1.52. The van der Waals surface area contributed by atoms with Crippen LogP contribution >= 0.6 is 0 Å². The number of hydrogen-bond donors (Lipinski definition) is 0. The first-order chi connectivity index (χ1) is 5.11. The van der Waals surface area contributed by atoms with Crippen molar-refractivity contribution in [3.05, 3.63) is 0 Å². The summed E-state index contributed by atoms with van der Waals surface area (Å²) in [6.45, 7) is 1.18. The van der Waals surface area contributed by atoms with Gasteiger partial charge in [0.25, 0.3) is 0 Å². The molecule has 0 N–H and O–H groups in total. The minimum absolute atomic E-state index is 0.240. The Labute approximate surface area is 63.5 Å². The predicted octanol–water partition coefficient (Wildman–Crippen LogP) is -0.150. The molecule has 4 heteroatoms. The summed E-state index contributed by atoms with van der Waals surface area (Å²) in [5, 5.41) is 0. The first-order valence-electron chi connectivity index (χ1n) is 3.35. The van der Waals surface area contributed by atoms with E-state index in [0.717, 1.165) is 0 Å². The Bertz CT molecular complexity index is 218. The largest absolute Gasteiger partial charge is 0.454 e. The zero-order valence-electron chi connectivity index (χ0n) is 6.12. The number of ketones is 2. The topological polar surface area (TPSA) is 60.4 Å². The minimum Gasteiger partial charge on any atom is -0.454 e. The maximum absolute atomic E-state index is 10.9. The van der Waals surface area contributed by atoms with E-state index < -0.39 is 23.6 Å². The molecule has 1 aliphatic rings. The smallest absolute Gasteiger partial charge is 0.306 e. The molecule has 0 bridgehead atoms. The molecule has 0 saturated carbocycles. The van der Waals surface area contributed by atoms with Gasteiger partial charge in [0, 0.05) is 19.8 Å². The molecule has 0 spiro atoms. The van der Waals surface area contributed by atoms with Crippen LogP contribution in [0.1, 0.15) is 19.8 Å². The van der Waals surface area contributed by atoms with Gasteiger partial charge in [-0.2, -0.15) is 0 Å². The molecule has 0 aliphatic carbocycles. The molecule has 11 heavy (non-hydrogen) atoms. The van der Waals surface area contributed by atoms with Gasteiger partial charge in [-0.25, -0.2) is 0 Å². The molecule has 60 valence electrons. The molecular formula is C7H8O4. The lowest BCUT2D eigenvalue weighted by molar-refractivity contribution is -0.150. The van der Waals surface area contributed by atoms with Crippen molar-refractivity contribution >= 4 is 17.5 Å². The molecule has 0 radical (unpaired) electrons. The quantitative estimate of drug-likeness (QED) is 0.412. The summed E-state index contributed by atoms with van der Waals surface area (Å²) in [7, 11) is 0. The van der Waals surface area contributed by atoms with Gasteiger partial charge >= 0.3 is 5.97 Å². The summed E-state index contributed by atoms with van der Waals surface area (Å²) in [6.07, 6.45) is -0.221. The summed E-state index contributed by atoms with van der Waals surface area (Å²) in [4.78, 5) is 31.9. The lowest BCUT2D eigenvalue weighted by Gasteiger charge is -2.03. The van der Waals surface area contributed by atoms with Gasteiger partial charge in [0.1, 0.15) is 0 Å². The fraction of sp³-hybridized carbons (Fsp3) is 0.571.